The first-order valence-corrected chi connectivity index (χ1v) is 7.77. The van der Waals surface area contributed by atoms with Gasteiger partial charge in [0.05, 0.1) is 6.04 Å². The molecule has 5 heteroatoms. The fourth-order valence-electron chi connectivity index (χ4n) is 2.05. The second-order valence-corrected chi connectivity index (χ2v) is 5.75. The van der Waals surface area contributed by atoms with E-state index in [4.69, 9.17) is 5.11 Å². The molecule has 0 radical (unpaired) electrons. The molecule has 1 fully saturated rings. The number of hydrogen-bond acceptors (Lipinski definition) is 4. The summed E-state index contributed by atoms with van der Waals surface area (Å²) in [5.41, 5.74) is 1.97. The summed E-state index contributed by atoms with van der Waals surface area (Å²) in [5.74, 6) is 1.93. The summed E-state index contributed by atoms with van der Waals surface area (Å²) in [4.78, 5) is 12.1. The molecule has 1 unspecified atom stereocenters. The van der Waals surface area contributed by atoms with Gasteiger partial charge in [0.25, 0.3) is 0 Å². The van der Waals surface area contributed by atoms with Crippen LogP contribution in [-0.4, -0.2) is 41.7 Å². The van der Waals surface area contributed by atoms with E-state index >= 15 is 0 Å². The zero-order valence-corrected chi connectivity index (χ0v) is 11.7. The molecule has 1 saturated heterocycles. The van der Waals surface area contributed by atoms with Gasteiger partial charge in [-0.2, -0.15) is 11.8 Å². The SMILES string of the molecule is O=C(Nc1cccc(CCCO)c1)C1CSCCN1. The number of nitrogens with one attached hydrogen (secondary N) is 2. The highest BCUT2D eigenvalue weighted by atomic mass is 32.2. The van der Waals surface area contributed by atoms with Crippen molar-refractivity contribution in [1.29, 1.82) is 0 Å². The van der Waals surface area contributed by atoms with Crippen molar-refractivity contribution in [3.8, 4) is 0 Å². The lowest BCUT2D eigenvalue weighted by atomic mass is 10.1. The standard InChI is InChI=1S/C14H20N2O2S/c17-7-2-4-11-3-1-5-12(9-11)16-14(18)13-10-19-8-6-15-13/h1,3,5,9,13,15,17H,2,4,6-8,10H2,(H,16,18). The first-order chi connectivity index (χ1) is 9.29. The molecule has 3 N–H and O–H groups in total. The number of carbonyl (C=O) groups excluding carboxylic acids is 1. The quantitative estimate of drug-likeness (QED) is 0.760. The number of benzene rings is 1. The molecule has 1 aliphatic heterocycles. The molecule has 2 rings (SSSR count). The Bertz CT molecular complexity index is 420. The summed E-state index contributed by atoms with van der Waals surface area (Å²) in [7, 11) is 0. The van der Waals surface area contributed by atoms with E-state index in [1.807, 2.05) is 24.3 Å². The van der Waals surface area contributed by atoms with Gasteiger partial charge in [0, 0.05) is 30.3 Å². The van der Waals surface area contributed by atoms with Crippen LogP contribution in [0.1, 0.15) is 12.0 Å². The van der Waals surface area contributed by atoms with E-state index in [2.05, 4.69) is 10.6 Å². The average Bonchev–Trinajstić information content (AvgIpc) is 2.46. The maximum atomic E-state index is 12.1. The number of aliphatic hydroxyl groups excluding tert-OH is 1. The molecule has 19 heavy (non-hydrogen) atoms. The van der Waals surface area contributed by atoms with E-state index < -0.39 is 0 Å². The molecule has 1 atom stereocenters. The van der Waals surface area contributed by atoms with E-state index in [1.165, 1.54) is 0 Å². The Balaban J connectivity index is 1.92. The highest BCUT2D eigenvalue weighted by Gasteiger charge is 2.20. The second kappa shape index (κ2) is 7.53. The Morgan fingerprint density at radius 3 is 3.16 bits per heavy atom. The maximum Gasteiger partial charge on any atom is 0.242 e. The van der Waals surface area contributed by atoms with Gasteiger partial charge in [-0.3, -0.25) is 4.79 Å². The number of aliphatic hydroxyl groups is 1. The van der Waals surface area contributed by atoms with Crippen LogP contribution in [-0.2, 0) is 11.2 Å². The zero-order chi connectivity index (χ0) is 13.5. The molecule has 1 amide bonds. The minimum atomic E-state index is -0.0974. The minimum absolute atomic E-state index is 0.0338. The summed E-state index contributed by atoms with van der Waals surface area (Å²) in [6, 6.07) is 7.73. The molecule has 0 aromatic heterocycles. The van der Waals surface area contributed by atoms with Crippen LogP contribution in [0.15, 0.2) is 24.3 Å². The molecule has 1 aromatic rings. The Morgan fingerprint density at radius 1 is 1.53 bits per heavy atom. The van der Waals surface area contributed by atoms with Gasteiger partial charge in [0.15, 0.2) is 0 Å². The van der Waals surface area contributed by atoms with Gasteiger partial charge in [0.1, 0.15) is 0 Å². The number of carbonyl (C=O) groups is 1. The second-order valence-electron chi connectivity index (χ2n) is 4.60. The lowest BCUT2D eigenvalue weighted by Gasteiger charge is -2.22. The van der Waals surface area contributed by atoms with Gasteiger partial charge in [0.2, 0.25) is 5.91 Å². The van der Waals surface area contributed by atoms with Crippen LogP contribution in [0.4, 0.5) is 5.69 Å². The number of thioether (sulfide) groups is 1. The molecular formula is C14H20N2O2S. The minimum Gasteiger partial charge on any atom is -0.396 e. The molecule has 104 valence electrons. The topological polar surface area (TPSA) is 61.4 Å². The lowest BCUT2D eigenvalue weighted by Crippen LogP contribution is -2.46. The summed E-state index contributed by atoms with van der Waals surface area (Å²) in [6.45, 7) is 1.08. The lowest BCUT2D eigenvalue weighted by molar-refractivity contribution is -0.117. The number of aryl methyl sites for hydroxylation is 1. The predicted octanol–water partition coefficient (Wildman–Crippen LogP) is 1.25. The fourth-order valence-corrected chi connectivity index (χ4v) is 2.98. The van der Waals surface area contributed by atoms with E-state index in [1.54, 1.807) is 11.8 Å². The molecule has 1 aromatic carbocycles. The van der Waals surface area contributed by atoms with E-state index in [9.17, 15) is 4.79 Å². The van der Waals surface area contributed by atoms with Crippen molar-refractivity contribution in [3.05, 3.63) is 29.8 Å². The Hall–Kier alpha value is -1.04. The summed E-state index contributed by atoms with van der Waals surface area (Å²) < 4.78 is 0. The molecule has 0 aliphatic carbocycles. The van der Waals surface area contributed by atoms with Crippen molar-refractivity contribution in [2.45, 2.75) is 18.9 Å². The highest BCUT2D eigenvalue weighted by molar-refractivity contribution is 7.99. The third-order valence-electron chi connectivity index (χ3n) is 3.06. The molecule has 0 saturated carbocycles. The van der Waals surface area contributed by atoms with Crippen molar-refractivity contribution in [2.75, 3.05) is 30.0 Å². The molecular weight excluding hydrogens is 260 g/mol. The Kier molecular flexibility index (Phi) is 5.69. The van der Waals surface area contributed by atoms with E-state index in [0.29, 0.717) is 0 Å². The van der Waals surface area contributed by atoms with Crippen molar-refractivity contribution in [2.24, 2.45) is 0 Å². The largest absolute Gasteiger partial charge is 0.396 e. The zero-order valence-electron chi connectivity index (χ0n) is 10.9. The number of rotatable bonds is 5. The van der Waals surface area contributed by atoms with E-state index in [-0.39, 0.29) is 18.6 Å². The van der Waals surface area contributed by atoms with Gasteiger partial charge in [-0.05, 0) is 30.5 Å². The van der Waals surface area contributed by atoms with Crippen LogP contribution in [0.3, 0.4) is 0 Å². The Labute approximate surface area is 118 Å². The third kappa shape index (κ3) is 4.53. The predicted molar refractivity (Wildman–Crippen MR) is 79.6 cm³/mol. The van der Waals surface area contributed by atoms with Crippen molar-refractivity contribution in [3.63, 3.8) is 0 Å². The van der Waals surface area contributed by atoms with Crippen molar-refractivity contribution < 1.29 is 9.90 Å². The van der Waals surface area contributed by atoms with Gasteiger partial charge < -0.3 is 15.7 Å². The number of anilines is 1. The van der Waals surface area contributed by atoms with Crippen LogP contribution in [0, 0.1) is 0 Å². The average molecular weight is 280 g/mol. The third-order valence-corrected chi connectivity index (χ3v) is 4.12. The highest BCUT2D eigenvalue weighted by Crippen LogP contribution is 2.14. The summed E-state index contributed by atoms with van der Waals surface area (Å²) in [5, 5.41) is 15.0. The molecule has 4 nitrogen and oxygen atoms in total. The van der Waals surface area contributed by atoms with Crippen LogP contribution >= 0.6 is 11.8 Å². The Morgan fingerprint density at radius 2 is 2.42 bits per heavy atom. The molecule has 1 aliphatic rings. The van der Waals surface area contributed by atoms with Crippen LogP contribution in [0.5, 0.6) is 0 Å². The molecule has 0 spiro atoms. The normalized spacial score (nSPS) is 19.1. The van der Waals surface area contributed by atoms with Crippen LogP contribution in [0.2, 0.25) is 0 Å². The fraction of sp³-hybridized carbons (Fsp3) is 0.500. The summed E-state index contributed by atoms with van der Waals surface area (Å²) in [6.07, 6.45) is 1.58. The van der Waals surface area contributed by atoms with Crippen LogP contribution in [0.25, 0.3) is 0 Å². The molecule has 1 heterocycles. The number of amides is 1. The summed E-state index contributed by atoms with van der Waals surface area (Å²) >= 11 is 1.81. The first-order valence-electron chi connectivity index (χ1n) is 6.61. The van der Waals surface area contributed by atoms with Gasteiger partial charge in [-0.15, -0.1) is 0 Å². The van der Waals surface area contributed by atoms with Gasteiger partial charge >= 0.3 is 0 Å². The maximum absolute atomic E-state index is 12.1. The van der Waals surface area contributed by atoms with Crippen LogP contribution < -0.4 is 10.6 Å². The van der Waals surface area contributed by atoms with Crippen molar-refractivity contribution >= 4 is 23.4 Å². The number of hydrogen-bond donors (Lipinski definition) is 3. The van der Waals surface area contributed by atoms with E-state index in [0.717, 1.165) is 42.1 Å². The van der Waals surface area contributed by atoms with Gasteiger partial charge in [-0.1, -0.05) is 12.1 Å². The van der Waals surface area contributed by atoms with Crippen molar-refractivity contribution in [1.82, 2.24) is 5.32 Å². The van der Waals surface area contributed by atoms with Gasteiger partial charge in [-0.25, -0.2) is 0 Å². The smallest absolute Gasteiger partial charge is 0.242 e. The first kappa shape index (κ1) is 14.4. The molecule has 0 bridgehead atoms. The monoisotopic (exact) mass is 280 g/mol.